The monoisotopic (exact) mass is 433 g/mol. The summed E-state index contributed by atoms with van der Waals surface area (Å²) in [5.41, 5.74) is 2.66. The Morgan fingerprint density at radius 2 is 1.72 bits per heavy atom. The third-order valence-electron chi connectivity index (χ3n) is 6.35. The first-order valence-corrected chi connectivity index (χ1v) is 11.0. The minimum atomic E-state index is -0.325. The number of likely N-dealkylation sites (tertiary alicyclic amines) is 1. The van der Waals surface area contributed by atoms with E-state index >= 15 is 0 Å². The average molecular weight is 434 g/mol. The van der Waals surface area contributed by atoms with Crippen molar-refractivity contribution >= 4 is 46.3 Å². The summed E-state index contributed by atoms with van der Waals surface area (Å²) >= 11 is 12.0. The second-order valence-electron chi connectivity index (χ2n) is 8.08. The van der Waals surface area contributed by atoms with E-state index in [0.29, 0.717) is 27.8 Å². The first kappa shape index (κ1) is 20.5. The van der Waals surface area contributed by atoms with E-state index in [1.54, 1.807) is 18.2 Å². The molecule has 0 aromatic heterocycles. The highest BCUT2D eigenvalue weighted by Gasteiger charge is 2.47. The normalized spacial score (nSPS) is 26.4. The Hall–Kier alpha value is -1.79. The van der Waals surface area contributed by atoms with Gasteiger partial charge in [-0.3, -0.25) is 4.48 Å². The summed E-state index contributed by atoms with van der Waals surface area (Å²) in [6.45, 7) is 5.75. The van der Waals surface area contributed by atoms with Crippen LogP contribution < -0.4 is 20.4 Å². The molecule has 0 spiro atoms. The Morgan fingerprint density at radius 1 is 1.03 bits per heavy atom. The molecule has 2 amide bonds. The molecule has 5 nitrogen and oxygen atoms in total. The topological polar surface area (TPSA) is 53.2 Å². The molecule has 3 unspecified atom stereocenters. The number of carbonyl (C=O) groups excluding carboxylic acids is 1. The van der Waals surface area contributed by atoms with Crippen LogP contribution in [-0.2, 0) is 0 Å². The Kier molecular flexibility index (Phi) is 6.02. The lowest BCUT2D eigenvalue weighted by Crippen LogP contribution is -2.59. The number of quaternary nitrogens is 1. The lowest BCUT2D eigenvalue weighted by Gasteiger charge is -2.43. The van der Waals surface area contributed by atoms with Gasteiger partial charge in [-0.1, -0.05) is 23.2 Å². The highest BCUT2D eigenvalue weighted by molar-refractivity contribution is 6.35. The van der Waals surface area contributed by atoms with Crippen molar-refractivity contribution in [2.75, 3.05) is 30.3 Å². The third-order valence-corrected chi connectivity index (χ3v) is 6.79. The number of hydrogen-bond acceptors (Lipinski definition) is 2. The van der Waals surface area contributed by atoms with Gasteiger partial charge in [0.25, 0.3) is 0 Å². The van der Waals surface area contributed by atoms with Crippen LogP contribution in [0.15, 0.2) is 42.5 Å². The Labute approximate surface area is 182 Å². The van der Waals surface area contributed by atoms with Gasteiger partial charge in [0, 0.05) is 65.9 Å². The maximum Gasteiger partial charge on any atom is 0.323 e. The van der Waals surface area contributed by atoms with Crippen molar-refractivity contribution in [3.63, 3.8) is 0 Å². The molecule has 7 heteroatoms. The molecule has 4 rings (SSSR count). The van der Waals surface area contributed by atoms with Gasteiger partial charge in [-0.2, -0.15) is 0 Å². The van der Waals surface area contributed by atoms with Gasteiger partial charge in [0.15, 0.2) is 0 Å². The smallest absolute Gasteiger partial charge is 0.311 e. The van der Waals surface area contributed by atoms with Gasteiger partial charge in [0.1, 0.15) is 11.7 Å². The number of anilines is 2. The summed E-state index contributed by atoms with van der Waals surface area (Å²) in [6.07, 6.45) is 3.75. The SMILES string of the molecule is CC1CCC[N+]1(c1ccc(NC(=O)Nc2cc(Cl)cc(Cl)c2)cc1)C1CCNC1. The van der Waals surface area contributed by atoms with Crippen LogP contribution in [0.4, 0.5) is 21.9 Å². The van der Waals surface area contributed by atoms with Gasteiger partial charge >= 0.3 is 6.03 Å². The van der Waals surface area contributed by atoms with Crippen molar-refractivity contribution in [2.45, 2.75) is 38.3 Å². The molecule has 2 fully saturated rings. The number of amides is 2. The van der Waals surface area contributed by atoms with E-state index < -0.39 is 0 Å². The van der Waals surface area contributed by atoms with Crippen molar-refractivity contribution in [1.29, 1.82) is 0 Å². The number of nitrogens with zero attached hydrogens (tertiary/aromatic N) is 1. The molecule has 154 valence electrons. The summed E-state index contributed by atoms with van der Waals surface area (Å²) in [4.78, 5) is 12.3. The number of hydrogen-bond donors (Lipinski definition) is 3. The van der Waals surface area contributed by atoms with Gasteiger partial charge in [-0.25, -0.2) is 4.79 Å². The molecule has 2 saturated heterocycles. The zero-order valence-corrected chi connectivity index (χ0v) is 18.1. The minimum absolute atomic E-state index is 0.325. The van der Waals surface area contributed by atoms with E-state index in [1.807, 2.05) is 12.1 Å². The van der Waals surface area contributed by atoms with Crippen molar-refractivity contribution in [3.05, 3.63) is 52.5 Å². The molecule has 2 heterocycles. The van der Waals surface area contributed by atoms with E-state index in [2.05, 4.69) is 35.0 Å². The fraction of sp³-hybridized carbons (Fsp3) is 0.409. The first-order chi connectivity index (χ1) is 14.0. The summed E-state index contributed by atoms with van der Waals surface area (Å²) in [5, 5.41) is 10.1. The standard InChI is InChI=1S/C22H26Cl2N4O/c1-15-3-2-10-28(15,21-8-9-25-14-21)20-6-4-18(5-7-20)26-22(29)27-19-12-16(23)11-17(24)13-19/h4-7,11-13,15,21,25H,2-3,8-10,14H2,1H3,(H-,26,27,29)/p+1. The number of urea groups is 1. The average Bonchev–Trinajstić information content (AvgIpc) is 3.32. The highest BCUT2D eigenvalue weighted by Crippen LogP contribution is 2.39. The number of benzene rings is 2. The lowest BCUT2D eigenvalue weighted by atomic mass is 10.1. The molecule has 2 aliphatic heterocycles. The van der Waals surface area contributed by atoms with Crippen molar-refractivity contribution in [1.82, 2.24) is 9.80 Å². The molecule has 29 heavy (non-hydrogen) atoms. The second-order valence-corrected chi connectivity index (χ2v) is 8.95. The molecule has 0 aliphatic carbocycles. The number of rotatable bonds is 4. The van der Waals surface area contributed by atoms with Crippen LogP contribution in [0.5, 0.6) is 0 Å². The van der Waals surface area contributed by atoms with Crippen LogP contribution in [0.2, 0.25) is 10.0 Å². The van der Waals surface area contributed by atoms with Crippen LogP contribution in [0.25, 0.3) is 0 Å². The van der Waals surface area contributed by atoms with Gasteiger partial charge < -0.3 is 16.0 Å². The Balaban J connectivity index is 1.47. The molecular weight excluding hydrogens is 407 g/mol. The van der Waals surface area contributed by atoms with Gasteiger partial charge in [-0.15, -0.1) is 0 Å². The largest absolute Gasteiger partial charge is 0.323 e. The Bertz CT molecular complexity index is 863. The van der Waals surface area contributed by atoms with Crippen molar-refractivity contribution < 1.29 is 4.79 Å². The molecule has 0 bridgehead atoms. The zero-order valence-electron chi connectivity index (χ0n) is 16.6. The summed E-state index contributed by atoms with van der Waals surface area (Å²) in [6, 6.07) is 14.2. The number of halogens is 2. The molecular formula is C22H27Cl2N4O+. The number of nitrogens with one attached hydrogen (secondary N) is 3. The third kappa shape index (κ3) is 4.24. The van der Waals surface area contributed by atoms with E-state index in [0.717, 1.165) is 23.3 Å². The molecule has 3 N–H and O–H groups in total. The summed E-state index contributed by atoms with van der Waals surface area (Å²) < 4.78 is 1.06. The summed E-state index contributed by atoms with van der Waals surface area (Å²) in [5.74, 6) is 0. The molecule has 2 aromatic carbocycles. The Morgan fingerprint density at radius 3 is 2.31 bits per heavy atom. The predicted molar refractivity (Wildman–Crippen MR) is 122 cm³/mol. The van der Waals surface area contributed by atoms with Crippen LogP contribution in [0.1, 0.15) is 26.2 Å². The lowest BCUT2D eigenvalue weighted by molar-refractivity contribution is 0.203. The maximum absolute atomic E-state index is 12.3. The van der Waals surface area contributed by atoms with Gasteiger partial charge in [0.05, 0.1) is 12.6 Å². The second kappa shape index (κ2) is 8.52. The van der Waals surface area contributed by atoms with Gasteiger partial charge in [0.2, 0.25) is 0 Å². The molecule has 2 aliphatic rings. The van der Waals surface area contributed by atoms with E-state index in [1.165, 1.54) is 31.5 Å². The molecule has 3 atom stereocenters. The first-order valence-electron chi connectivity index (χ1n) is 10.2. The fourth-order valence-electron chi connectivity index (χ4n) is 5.01. The van der Waals surface area contributed by atoms with E-state index in [9.17, 15) is 4.79 Å². The van der Waals surface area contributed by atoms with Crippen LogP contribution in [0, 0.1) is 0 Å². The minimum Gasteiger partial charge on any atom is -0.311 e. The van der Waals surface area contributed by atoms with E-state index in [4.69, 9.17) is 23.2 Å². The van der Waals surface area contributed by atoms with Crippen LogP contribution in [-0.4, -0.2) is 37.7 Å². The predicted octanol–water partition coefficient (Wildman–Crippen LogP) is 5.49. The molecule has 2 aromatic rings. The summed E-state index contributed by atoms with van der Waals surface area (Å²) in [7, 11) is 0. The maximum atomic E-state index is 12.3. The molecule has 0 saturated carbocycles. The van der Waals surface area contributed by atoms with Crippen LogP contribution in [0.3, 0.4) is 0 Å². The number of carbonyl (C=O) groups is 1. The van der Waals surface area contributed by atoms with Crippen LogP contribution >= 0.6 is 23.2 Å². The quantitative estimate of drug-likeness (QED) is 0.558. The van der Waals surface area contributed by atoms with Crippen molar-refractivity contribution in [3.8, 4) is 0 Å². The fourth-order valence-corrected chi connectivity index (χ4v) is 5.54. The van der Waals surface area contributed by atoms with E-state index in [-0.39, 0.29) is 6.03 Å². The zero-order chi connectivity index (χ0) is 20.4. The molecule has 0 radical (unpaired) electrons. The highest BCUT2D eigenvalue weighted by atomic mass is 35.5. The van der Waals surface area contributed by atoms with Crippen molar-refractivity contribution in [2.24, 2.45) is 0 Å². The van der Waals surface area contributed by atoms with Gasteiger partial charge in [-0.05, 0) is 37.3 Å².